The number of carbonyl (C=O) groups excluding carboxylic acids is 3. The zero-order chi connectivity index (χ0) is 21.6. The van der Waals surface area contributed by atoms with Gasteiger partial charge in [-0.15, -0.1) is 11.3 Å². The molecule has 0 saturated heterocycles. The average molecular weight is 438 g/mol. The van der Waals surface area contributed by atoms with Crippen molar-refractivity contribution < 1.29 is 14.4 Å². The van der Waals surface area contributed by atoms with E-state index in [0.717, 1.165) is 32.7 Å². The molecular formula is C24H20ClNO3S. The minimum absolute atomic E-state index is 0.268. The zero-order valence-electron chi connectivity index (χ0n) is 16.9. The highest BCUT2D eigenvalue weighted by Gasteiger charge is 2.38. The van der Waals surface area contributed by atoms with E-state index in [1.165, 1.54) is 18.3 Å². The molecule has 2 aromatic carbocycles. The molecule has 0 spiro atoms. The van der Waals surface area contributed by atoms with Crippen molar-refractivity contribution >= 4 is 46.1 Å². The molecule has 1 amide bonds. The van der Waals surface area contributed by atoms with Gasteiger partial charge in [-0.3, -0.25) is 14.4 Å². The summed E-state index contributed by atoms with van der Waals surface area (Å²) < 4.78 is 0. The molecule has 0 saturated carbocycles. The topological polar surface area (TPSA) is 63.2 Å². The quantitative estimate of drug-likeness (QED) is 0.494. The van der Waals surface area contributed by atoms with E-state index in [0.29, 0.717) is 34.7 Å². The van der Waals surface area contributed by atoms with Crippen LogP contribution < -0.4 is 5.32 Å². The summed E-state index contributed by atoms with van der Waals surface area (Å²) in [6.45, 7) is 5.40. The fourth-order valence-electron chi connectivity index (χ4n) is 4.00. The molecule has 0 radical (unpaired) electrons. The monoisotopic (exact) mass is 437 g/mol. The Balaban J connectivity index is 2.04. The number of hydrogen-bond donors (Lipinski definition) is 1. The summed E-state index contributed by atoms with van der Waals surface area (Å²) >= 11 is 7.46. The number of nitrogens with one attached hydrogen (secondary N) is 1. The van der Waals surface area contributed by atoms with Crippen LogP contribution in [0.4, 0.5) is 5.69 Å². The standard InChI is InChI=1S/C24H20ClNO3S/c1-4-13-10-14(5-2)21(26-12(3)27)20-18(13)24-19(22(28)23(20)29)17(11-30-24)15-6-8-16(25)9-7-15/h6-11H,4-5H2,1-3H3,(H,26,27). The van der Waals surface area contributed by atoms with Gasteiger partial charge in [-0.05, 0) is 47.0 Å². The number of fused-ring (bicyclic) bond motifs is 3. The highest BCUT2D eigenvalue weighted by molar-refractivity contribution is 7.15. The van der Waals surface area contributed by atoms with Gasteiger partial charge in [0.25, 0.3) is 0 Å². The summed E-state index contributed by atoms with van der Waals surface area (Å²) in [5.74, 6) is -1.37. The Labute approximate surface area is 183 Å². The highest BCUT2D eigenvalue weighted by Crippen LogP contribution is 2.48. The first-order valence-corrected chi connectivity index (χ1v) is 11.1. The van der Waals surface area contributed by atoms with Crippen molar-refractivity contribution in [3.8, 4) is 21.6 Å². The van der Waals surface area contributed by atoms with Crippen molar-refractivity contribution in [2.24, 2.45) is 0 Å². The maximum atomic E-state index is 13.3. The van der Waals surface area contributed by atoms with Crippen LogP contribution in [0.1, 0.15) is 52.6 Å². The van der Waals surface area contributed by atoms with Crippen molar-refractivity contribution in [1.82, 2.24) is 0 Å². The van der Waals surface area contributed by atoms with Gasteiger partial charge in [-0.2, -0.15) is 0 Å². The first-order chi connectivity index (χ1) is 14.4. The van der Waals surface area contributed by atoms with Crippen LogP contribution in [-0.4, -0.2) is 17.5 Å². The van der Waals surface area contributed by atoms with Crippen LogP contribution in [0.15, 0.2) is 35.7 Å². The summed E-state index contributed by atoms with van der Waals surface area (Å²) in [5, 5.41) is 5.33. The lowest BCUT2D eigenvalue weighted by Crippen LogP contribution is -2.25. The Kier molecular flexibility index (Phi) is 5.35. The van der Waals surface area contributed by atoms with E-state index >= 15 is 0 Å². The SMILES string of the molecule is CCc1cc(CC)c2c(c1NC(C)=O)C(=O)C(=O)c1c(-c3ccc(Cl)cc3)csc1-2. The van der Waals surface area contributed by atoms with E-state index in [4.69, 9.17) is 11.6 Å². The Morgan fingerprint density at radius 2 is 1.60 bits per heavy atom. The minimum atomic E-state index is -0.570. The molecule has 1 aliphatic rings. The first kappa shape index (κ1) is 20.5. The number of hydrogen-bond acceptors (Lipinski definition) is 4. The lowest BCUT2D eigenvalue weighted by atomic mass is 9.81. The number of rotatable bonds is 4. The van der Waals surface area contributed by atoms with Gasteiger partial charge < -0.3 is 5.32 Å². The second-order valence-corrected chi connectivity index (χ2v) is 8.54. The van der Waals surface area contributed by atoms with Crippen LogP contribution in [0.25, 0.3) is 21.6 Å². The van der Waals surface area contributed by atoms with Crippen molar-refractivity contribution in [2.75, 3.05) is 5.32 Å². The number of halogens is 1. The number of Topliss-reactive ketones (excluding diaryl/α,β-unsaturated/α-hetero) is 2. The fraction of sp³-hybridized carbons (Fsp3) is 0.208. The Hall–Kier alpha value is -2.76. The molecule has 30 heavy (non-hydrogen) atoms. The Morgan fingerprint density at radius 3 is 2.20 bits per heavy atom. The number of anilines is 1. The number of aryl methyl sites for hydroxylation is 2. The molecule has 3 aromatic rings. The van der Waals surface area contributed by atoms with Crippen molar-refractivity contribution in [3.63, 3.8) is 0 Å². The van der Waals surface area contributed by atoms with E-state index in [-0.39, 0.29) is 5.91 Å². The van der Waals surface area contributed by atoms with Crippen LogP contribution in [0.5, 0.6) is 0 Å². The van der Waals surface area contributed by atoms with Gasteiger partial charge in [-0.1, -0.05) is 43.6 Å². The number of ketones is 2. The molecular weight excluding hydrogens is 418 g/mol. The van der Waals surface area contributed by atoms with Gasteiger partial charge in [0.1, 0.15) is 0 Å². The van der Waals surface area contributed by atoms with E-state index in [1.54, 1.807) is 12.1 Å². The third-order valence-electron chi connectivity index (χ3n) is 5.39. The molecule has 1 aliphatic carbocycles. The number of carbonyl (C=O) groups is 3. The molecule has 4 nitrogen and oxygen atoms in total. The third kappa shape index (κ3) is 3.18. The summed E-state index contributed by atoms with van der Waals surface area (Å²) in [6, 6.07) is 9.27. The fourth-order valence-corrected chi connectivity index (χ4v) is 5.29. The maximum Gasteiger partial charge on any atom is 0.236 e. The van der Waals surface area contributed by atoms with E-state index in [9.17, 15) is 14.4 Å². The van der Waals surface area contributed by atoms with Gasteiger partial charge >= 0.3 is 0 Å². The van der Waals surface area contributed by atoms with Crippen LogP contribution in [-0.2, 0) is 17.6 Å². The molecule has 0 aliphatic heterocycles. The van der Waals surface area contributed by atoms with Gasteiger partial charge in [-0.25, -0.2) is 0 Å². The van der Waals surface area contributed by atoms with Crippen molar-refractivity contribution in [2.45, 2.75) is 33.6 Å². The van der Waals surface area contributed by atoms with E-state index in [1.807, 2.05) is 37.4 Å². The smallest absolute Gasteiger partial charge is 0.236 e. The molecule has 1 N–H and O–H groups in total. The van der Waals surface area contributed by atoms with Gasteiger partial charge in [0.15, 0.2) is 0 Å². The number of benzene rings is 2. The second kappa shape index (κ2) is 7.82. The zero-order valence-corrected chi connectivity index (χ0v) is 18.5. The molecule has 152 valence electrons. The first-order valence-electron chi connectivity index (χ1n) is 9.80. The Bertz CT molecular complexity index is 1210. The number of thiophene rings is 1. The number of amides is 1. The normalized spacial score (nSPS) is 12.5. The molecule has 6 heteroatoms. The molecule has 0 bridgehead atoms. The average Bonchev–Trinajstić information content (AvgIpc) is 3.17. The lowest BCUT2D eigenvalue weighted by molar-refractivity contribution is -0.114. The van der Waals surface area contributed by atoms with Crippen LogP contribution in [0.3, 0.4) is 0 Å². The van der Waals surface area contributed by atoms with Crippen molar-refractivity contribution in [3.05, 3.63) is 63.0 Å². The van der Waals surface area contributed by atoms with Gasteiger partial charge in [0.2, 0.25) is 17.5 Å². The second-order valence-electron chi connectivity index (χ2n) is 7.23. The minimum Gasteiger partial charge on any atom is -0.325 e. The lowest BCUT2D eigenvalue weighted by Gasteiger charge is -2.24. The molecule has 0 atom stereocenters. The highest BCUT2D eigenvalue weighted by atomic mass is 35.5. The van der Waals surface area contributed by atoms with Crippen LogP contribution >= 0.6 is 22.9 Å². The summed E-state index contributed by atoms with van der Waals surface area (Å²) in [5.41, 5.74) is 5.43. The molecule has 1 aromatic heterocycles. The third-order valence-corrected chi connectivity index (χ3v) is 6.64. The molecule has 1 heterocycles. The maximum absolute atomic E-state index is 13.3. The predicted molar refractivity (Wildman–Crippen MR) is 122 cm³/mol. The summed E-state index contributed by atoms with van der Waals surface area (Å²) in [4.78, 5) is 39.2. The predicted octanol–water partition coefficient (Wildman–Crippen LogP) is 6.20. The van der Waals surface area contributed by atoms with Crippen molar-refractivity contribution in [1.29, 1.82) is 0 Å². The van der Waals surface area contributed by atoms with Crippen LogP contribution in [0, 0.1) is 0 Å². The largest absolute Gasteiger partial charge is 0.325 e. The van der Waals surface area contributed by atoms with Gasteiger partial charge in [0, 0.05) is 28.0 Å². The van der Waals surface area contributed by atoms with E-state index in [2.05, 4.69) is 5.32 Å². The molecule has 4 rings (SSSR count). The summed E-state index contributed by atoms with van der Waals surface area (Å²) in [6.07, 6.45) is 1.36. The molecule has 0 fully saturated rings. The van der Waals surface area contributed by atoms with Crippen LogP contribution in [0.2, 0.25) is 5.02 Å². The Morgan fingerprint density at radius 1 is 0.967 bits per heavy atom. The summed E-state index contributed by atoms with van der Waals surface area (Å²) in [7, 11) is 0. The molecule has 0 unspecified atom stereocenters. The van der Waals surface area contributed by atoms with Gasteiger partial charge in [0.05, 0.1) is 16.8 Å². The van der Waals surface area contributed by atoms with E-state index < -0.39 is 11.6 Å².